The van der Waals surface area contributed by atoms with Gasteiger partial charge in [0.15, 0.2) is 0 Å². The van der Waals surface area contributed by atoms with Crippen LogP contribution in [0.3, 0.4) is 0 Å². The van der Waals surface area contributed by atoms with Crippen molar-refractivity contribution < 1.29 is 4.42 Å². The summed E-state index contributed by atoms with van der Waals surface area (Å²) in [6, 6.07) is 10.0. The topological polar surface area (TPSA) is 38.9 Å². The van der Waals surface area contributed by atoms with Gasteiger partial charge in [0.25, 0.3) is 0 Å². The maximum Gasteiger partial charge on any atom is 0.220 e. The van der Waals surface area contributed by atoms with Gasteiger partial charge in [0.05, 0.1) is 6.42 Å². The molecule has 0 bridgehead atoms. The smallest absolute Gasteiger partial charge is 0.220 e. The summed E-state index contributed by atoms with van der Waals surface area (Å²) in [5, 5.41) is 7.86. The van der Waals surface area contributed by atoms with Crippen LogP contribution in [0.1, 0.15) is 17.3 Å². The number of hydrogen-bond donors (Lipinski definition) is 0. The maximum atomic E-state index is 5.58. The number of rotatable bonds is 4. The third kappa shape index (κ3) is 2.80. The summed E-state index contributed by atoms with van der Waals surface area (Å²) < 4.78 is 5.42. The summed E-state index contributed by atoms with van der Waals surface area (Å²) in [5.41, 5.74) is 1.17. The van der Waals surface area contributed by atoms with E-state index in [1.807, 2.05) is 30.3 Å². The highest BCUT2D eigenvalue weighted by atomic mass is 35.5. The molecule has 3 nitrogen and oxygen atoms in total. The summed E-state index contributed by atoms with van der Waals surface area (Å²) >= 11 is 5.58. The van der Waals surface area contributed by atoms with E-state index in [4.69, 9.17) is 16.0 Å². The predicted molar refractivity (Wildman–Crippen MR) is 58.0 cm³/mol. The Morgan fingerprint density at radius 2 is 1.80 bits per heavy atom. The van der Waals surface area contributed by atoms with Crippen molar-refractivity contribution in [2.24, 2.45) is 0 Å². The molecule has 4 heteroatoms. The van der Waals surface area contributed by atoms with E-state index in [-0.39, 0.29) is 0 Å². The van der Waals surface area contributed by atoms with Crippen LogP contribution in [-0.2, 0) is 12.8 Å². The van der Waals surface area contributed by atoms with Crippen molar-refractivity contribution in [3.63, 3.8) is 0 Å². The van der Waals surface area contributed by atoms with Gasteiger partial charge >= 0.3 is 0 Å². The molecule has 15 heavy (non-hydrogen) atoms. The molecule has 0 atom stereocenters. The molecule has 0 saturated carbocycles. The SMILES string of the molecule is ClCCc1nnc(Cc2ccccc2)o1. The first-order valence-corrected chi connectivity index (χ1v) is 5.33. The highest BCUT2D eigenvalue weighted by Crippen LogP contribution is 2.08. The second kappa shape index (κ2) is 4.94. The van der Waals surface area contributed by atoms with Crippen molar-refractivity contribution >= 4 is 11.6 Å². The molecule has 1 aromatic carbocycles. The average molecular weight is 223 g/mol. The highest BCUT2D eigenvalue weighted by Gasteiger charge is 2.05. The Bertz CT molecular complexity index is 414. The average Bonchev–Trinajstić information content (AvgIpc) is 2.68. The quantitative estimate of drug-likeness (QED) is 0.746. The standard InChI is InChI=1S/C11H11ClN2O/c12-7-6-10-13-14-11(15-10)8-9-4-2-1-3-5-9/h1-5H,6-8H2. The fraction of sp³-hybridized carbons (Fsp3) is 0.273. The molecule has 0 spiro atoms. The van der Waals surface area contributed by atoms with Gasteiger partial charge in [0.1, 0.15) is 0 Å². The molecule has 0 fully saturated rings. The molecule has 0 aliphatic rings. The van der Waals surface area contributed by atoms with Gasteiger partial charge in [-0.1, -0.05) is 30.3 Å². The number of hydrogen-bond acceptors (Lipinski definition) is 3. The van der Waals surface area contributed by atoms with Gasteiger partial charge in [-0.15, -0.1) is 21.8 Å². The van der Waals surface area contributed by atoms with Crippen LogP contribution in [0.5, 0.6) is 0 Å². The maximum absolute atomic E-state index is 5.58. The fourth-order valence-corrected chi connectivity index (χ4v) is 1.47. The molecule has 0 radical (unpaired) electrons. The van der Waals surface area contributed by atoms with Crippen molar-refractivity contribution in [2.45, 2.75) is 12.8 Å². The van der Waals surface area contributed by atoms with Gasteiger partial charge in [0.2, 0.25) is 11.8 Å². The molecule has 78 valence electrons. The molecular formula is C11H11ClN2O. The number of aryl methyl sites for hydroxylation is 1. The Balaban J connectivity index is 2.05. The van der Waals surface area contributed by atoms with Gasteiger partial charge in [-0.2, -0.15) is 0 Å². The Labute approximate surface area is 93.1 Å². The lowest BCUT2D eigenvalue weighted by Gasteiger charge is -1.94. The minimum atomic E-state index is 0.507. The van der Waals surface area contributed by atoms with Crippen LogP contribution >= 0.6 is 11.6 Å². The Morgan fingerprint density at radius 3 is 2.53 bits per heavy atom. The van der Waals surface area contributed by atoms with Gasteiger partial charge < -0.3 is 4.42 Å². The zero-order valence-electron chi connectivity index (χ0n) is 8.19. The van der Waals surface area contributed by atoms with E-state index in [2.05, 4.69) is 10.2 Å². The molecule has 2 rings (SSSR count). The van der Waals surface area contributed by atoms with Crippen LogP contribution in [0, 0.1) is 0 Å². The van der Waals surface area contributed by atoms with Crippen molar-refractivity contribution in [2.75, 3.05) is 5.88 Å². The fourth-order valence-electron chi connectivity index (χ4n) is 1.31. The monoisotopic (exact) mass is 222 g/mol. The van der Waals surface area contributed by atoms with Crippen LogP contribution < -0.4 is 0 Å². The third-order valence-corrected chi connectivity index (χ3v) is 2.20. The first kappa shape index (κ1) is 10.2. The second-order valence-electron chi connectivity index (χ2n) is 3.19. The van der Waals surface area contributed by atoms with Crippen molar-refractivity contribution in [1.29, 1.82) is 0 Å². The lowest BCUT2D eigenvalue weighted by molar-refractivity contribution is 0.463. The highest BCUT2D eigenvalue weighted by molar-refractivity contribution is 6.17. The van der Waals surface area contributed by atoms with Crippen LogP contribution in [-0.4, -0.2) is 16.1 Å². The van der Waals surface area contributed by atoms with E-state index in [0.717, 1.165) is 0 Å². The van der Waals surface area contributed by atoms with E-state index in [1.165, 1.54) is 5.56 Å². The molecule has 0 aliphatic heterocycles. The van der Waals surface area contributed by atoms with E-state index < -0.39 is 0 Å². The first-order chi connectivity index (χ1) is 7.38. The lowest BCUT2D eigenvalue weighted by atomic mass is 10.2. The van der Waals surface area contributed by atoms with E-state index in [0.29, 0.717) is 30.5 Å². The van der Waals surface area contributed by atoms with Gasteiger partial charge in [-0.25, -0.2) is 0 Å². The van der Waals surface area contributed by atoms with Crippen molar-refractivity contribution in [3.8, 4) is 0 Å². The first-order valence-electron chi connectivity index (χ1n) is 4.79. The van der Waals surface area contributed by atoms with Crippen molar-refractivity contribution in [1.82, 2.24) is 10.2 Å². The largest absolute Gasteiger partial charge is 0.425 e. The van der Waals surface area contributed by atoms with Gasteiger partial charge in [-0.3, -0.25) is 0 Å². The number of halogens is 1. The Kier molecular flexibility index (Phi) is 3.35. The van der Waals surface area contributed by atoms with Crippen LogP contribution in [0.15, 0.2) is 34.7 Å². The van der Waals surface area contributed by atoms with Gasteiger partial charge in [-0.05, 0) is 5.56 Å². The molecule has 1 heterocycles. The molecule has 0 aliphatic carbocycles. The molecular weight excluding hydrogens is 212 g/mol. The number of benzene rings is 1. The lowest BCUT2D eigenvalue weighted by Crippen LogP contribution is -1.87. The summed E-state index contributed by atoms with van der Waals surface area (Å²) in [4.78, 5) is 0. The van der Waals surface area contributed by atoms with E-state index >= 15 is 0 Å². The normalized spacial score (nSPS) is 10.5. The zero-order chi connectivity index (χ0) is 10.5. The minimum absolute atomic E-state index is 0.507. The molecule has 0 N–H and O–H groups in total. The number of alkyl halides is 1. The third-order valence-electron chi connectivity index (χ3n) is 2.02. The summed E-state index contributed by atoms with van der Waals surface area (Å²) in [6.07, 6.45) is 1.31. The Morgan fingerprint density at radius 1 is 1.07 bits per heavy atom. The molecule has 0 unspecified atom stereocenters. The second-order valence-corrected chi connectivity index (χ2v) is 3.57. The summed E-state index contributed by atoms with van der Waals surface area (Å²) in [5.74, 6) is 1.75. The number of aromatic nitrogens is 2. The van der Waals surface area contributed by atoms with Crippen LogP contribution in [0.25, 0.3) is 0 Å². The molecule has 2 aromatic rings. The molecule has 1 aromatic heterocycles. The minimum Gasteiger partial charge on any atom is -0.425 e. The summed E-state index contributed by atoms with van der Waals surface area (Å²) in [6.45, 7) is 0. The van der Waals surface area contributed by atoms with Crippen LogP contribution in [0.4, 0.5) is 0 Å². The van der Waals surface area contributed by atoms with Crippen LogP contribution in [0.2, 0.25) is 0 Å². The molecule has 0 amide bonds. The zero-order valence-corrected chi connectivity index (χ0v) is 8.94. The van der Waals surface area contributed by atoms with Gasteiger partial charge in [0, 0.05) is 12.3 Å². The molecule has 0 saturated heterocycles. The number of nitrogens with zero attached hydrogens (tertiary/aromatic N) is 2. The van der Waals surface area contributed by atoms with Crippen molar-refractivity contribution in [3.05, 3.63) is 47.7 Å². The predicted octanol–water partition coefficient (Wildman–Crippen LogP) is 2.44. The Hall–Kier alpha value is -1.35. The van der Waals surface area contributed by atoms with E-state index in [9.17, 15) is 0 Å². The summed E-state index contributed by atoms with van der Waals surface area (Å²) in [7, 11) is 0. The van der Waals surface area contributed by atoms with E-state index in [1.54, 1.807) is 0 Å².